The molecule has 11 nitrogen and oxygen atoms in total. The Bertz CT molecular complexity index is 1250. The molecule has 1 fully saturated rings. The summed E-state index contributed by atoms with van der Waals surface area (Å²) in [4.78, 5) is 36.3. The highest BCUT2D eigenvalue weighted by Crippen LogP contribution is 2.40. The van der Waals surface area contributed by atoms with Crippen molar-refractivity contribution in [3.63, 3.8) is 0 Å². The number of carbonyl (C=O) groups is 2. The first-order valence-electron chi connectivity index (χ1n) is 16.6. The third kappa shape index (κ3) is 11.1. The van der Waals surface area contributed by atoms with Gasteiger partial charge in [-0.05, 0) is 13.3 Å². The maximum absolute atomic E-state index is 14.0. The third-order valence-corrected chi connectivity index (χ3v) is 8.18. The highest BCUT2D eigenvalue weighted by atomic mass is 19.1. The van der Waals surface area contributed by atoms with E-state index >= 15 is 0 Å². The summed E-state index contributed by atoms with van der Waals surface area (Å²) in [6.07, 6.45) is 22.2. The van der Waals surface area contributed by atoms with Crippen LogP contribution in [0, 0.1) is 18.4 Å². The van der Waals surface area contributed by atoms with Gasteiger partial charge in [0.05, 0.1) is 12.9 Å². The molecule has 0 spiro atoms. The van der Waals surface area contributed by atoms with E-state index in [1.54, 1.807) is 6.92 Å². The van der Waals surface area contributed by atoms with Gasteiger partial charge in [-0.3, -0.25) is 9.36 Å². The minimum Gasteiger partial charge on any atom is -0.458 e. The lowest BCUT2D eigenvalue weighted by atomic mass is 9.98. The fraction of sp³-hybridized carbons (Fsp3) is 0.727. The number of nitrogens with zero attached hydrogens (tertiary/aromatic N) is 4. The Labute approximate surface area is 266 Å². The lowest BCUT2D eigenvalue weighted by molar-refractivity contribution is -0.159. The molecule has 3 atom stereocenters. The number of aromatic nitrogens is 4. The largest absolute Gasteiger partial charge is 0.508 e. The second kappa shape index (κ2) is 19.1. The van der Waals surface area contributed by atoms with E-state index in [9.17, 15) is 14.0 Å². The number of anilines is 1. The Morgan fingerprint density at radius 1 is 1.00 bits per heavy atom. The molecule has 1 saturated heterocycles. The Morgan fingerprint density at radius 3 is 2.18 bits per heavy atom. The van der Waals surface area contributed by atoms with E-state index in [1.165, 1.54) is 81.5 Å². The summed E-state index contributed by atoms with van der Waals surface area (Å²) in [5.74, 6) is 1.96. The molecular formula is C33H50FN5O6. The van der Waals surface area contributed by atoms with Gasteiger partial charge in [0.15, 0.2) is 17.0 Å². The van der Waals surface area contributed by atoms with Crippen LogP contribution in [0.3, 0.4) is 0 Å². The third-order valence-electron chi connectivity index (χ3n) is 8.18. The summed E-state index contributed by atoms with van der Waals surface area (Å²) in [6.45, 7) is 3.57. The van der Waals surface area contributed by atoms with E-state index in [4.69, 9.17) is 31.1 Å². The molecule has 0 aliphatic carbocycles. The topological polar surface area (TPSA) is 141 Å². The van der Waals surface area contributed by atoms with Crippen molar-refractivity contribution in [3.05, 3.63) is 12.4 Å². The molecule has 0 radical (unpaired) electrons. The normalized spacial score (nSPS) is 19.4. The van der Waals surface area contributed by atoms with Gasteiger partial charge in [-0.15, -0.1) is 6.42 Å². The van der Waals surface area contributed by atoms with E-state index in [-0.39, 0.29) is 36.4 Å². The van der Waals surface area contributed by atoms with E-state index in [0.717, 1.165) is 19.3 Å². The van der Waals surface area contributed by atoms with Crippen molar-refractivity contribution in [1.82, 2.24) is 19.5 Å². The Balaban J connectivity index is 1.45. The van der Waals surface area contributed by atoms with Crippen LogP contribution in [0.25, 0.3) is 11.2 Å². The number of unbranched alkanes of at least 4 members (excludes halogenated alkanes) is 14. The number of nitrogens with two attached hydrogens (primary N) is 1. The predicted molar refractivity (Wildman–Crippen MR) is 168 cm³/mol. The van der Waals surface area contributed by atoms with Crippen molar-refractivity contribution in [1.29, 1.82) is 0 Å². The molecular weight excluding hydrogens is 581 g/mol. The van der Waals surface area contributed by atoms with Gasteiger partial charge in [0.2, 0.25) is 5.60 Å². The smallest absolute Gasteiger partial charge is 0.458 e. The van der Waals surface area contributed by atoms with Crippen molar-refractivity contribution in [2.24, 2.45) is 0 Å². The zero-order valence-electron chi connectivity index (χ0n) is 26.9. The Morgan fingerprint density at radius 2 is 1.60 bits per heavy atom. The number of nitrogen functional groups attached to an aromatic ring is 1. The summed E-state index contributed by atoms with van der Waals surface area (Å²) in [7, 11) is 0. The molecule has 45 heavy (non-hydrogen) atoms. The molecule has 3 heterocycles. The molecule has 0 aromatic carbocycles. The number of esters is 1. The predicted octanol–water partition coefficient (Wildman–Crippen LogP) is 7.18. The van der Waals surface area contributed by atoms with Crippen molar-refractivity contribution in [3.8, 4) is 12.3 Å². The van der Waals surface area contributed by atoms with Gasteiger partial charge in [0.25, 0.3) is 0 Å². The molecule has 1 aliphatic heterocycles. The summed E-state index contributed by atoms with van der Waals surface area (Å²) >= 11 is 0. The minimum atomic E-state index is -1.62. The number of fused-ring (bicyclic) bond motifs is 1. The van der Waals surface area contributed by atoms with Crippen LogP contribution < -0.4 is 5.73 Å². The zero-order chi connectivity index (χ0) is 32.5. The number of imidazole rings is 1. The van der Waals surface area contributed by atoms with E-state index in [2.05, 4.69) is 27.8 Å². The minimum absolute atomic E-state index is 0.0813. The summed E-state index contributed by atoms with van der Waals surface area (Å²) in [5.41, 5.74) is 4.46. The monoisotopic (exact) mass is 631 g/mol. The zero-order valence-corrected chi connectivity index (χ0v) is 26.9. The standard InChI is InChI=1S/C33H50FN5O6/c1-4-7-8-9-10-11-12-13-14-15-16-17-18-19-20-21-27(40)44-25-22-26(45-33(25,5-2)23-43-32(41)42-6-3)39-24-36-28-29(35)37-31(34)38-30(28)39/h2,24-26H,4,6-23H2,1,3H3,(H2,35,37,38). The molecule has 3 unspecified atom stereocenters. The van der Waals surface area contributed by atoms with Crippen LogP contribution in [-0.4, -0.2) is 56.6 Å². The summed E-state index contributed by atoms with van der Waals surface area (Å²) in [6, 6.07) is 0. The second-order valence-corrected chi connectivity index (χ2v) is 11.7. The number of halogens is 1. The van der Waals surface area contributed by atoms with Crippen LogP contribution in [0.15, 0.2) is 6.33 Å². The quantitative estimate of drug-likeness (QED) is 0.0651. The van der Waals surface area contributed by atoms with Gasteiger partial charge < -0.3 is 24.7 Å². The van der Waals surface area contributed by atoms with Crippen LogP contribution in [0.1, 0.15) is 129 Å². The first-order valence-corrected chi connectivity index (χ1v) is 16.6. The fourth-order valence-corrected chi connectivity index (χ4v) is 5.65. The van der Waals surface area contributed by atoms with Crippen molar-refractivity contribution in [2.45, 2.75) is 141 Å². The lowest BCUT2D eigenvalue weighted by Crippen LogP contribution is -2.45. The van der Waals surface area contributed by atoms with E-state index in [1.807, 2.05) is 0 Å². The van der Waals surface area contributed by atoms with Crippen molar-refractivity contribution >= 4 is 29.1 Å². The Kier molecular flexibility index (Phi) is 15.3. The van der Waals surface area contributed by atoms with Crippen LogP contribution >= 0.6 is 0 Å². The number of rotatable bonds is 21. The average molecular weight is 632 g/mol. The molecule has 0 amide bonds. The van der Waals surface area contributed by atoms with Gasteiger partial charge in [-0.25, -0.2) is 9.78 Å². The highest BCUT2D eigenvalue weighted by Gasteiger charge is 2.52. The summed E-state index contributed by atoms with van der Waals surface area (Å²) in [5, 5.41) is 0. The number of ether oxygens (including phenoxy) is 4. The lowest BCUT2D eigenvalue weighted by Gasteiger charge is -2.28. The van der Waals surface area contributed by atoms with E-state index in [0.29, 0.717) is 6.42 Å². The maximum Gasteiger partial charge on any atom is 0.508 e. The van der Waals surface area contributed by atoms with Crippen molar-refractivity contribution < 1.29 is 32.9 Å². The number of hydrogen-bond acceptors (Lipinski definition) is 10. The van der Waals surface area contributed by atoms with Crippen LogP contribution in [0.5, 0.6) is 0 Å². The first-order chi connectivity index (χ1) is 21.8. The molecule has 3 rings (SSSR count). The van der Waals surface area contributed by atoms with Crippen LogP contribution in [0.2, 0.25) is 0 Å². The van der Waals surface area contributed by atoms with Gasteiger partial charge in [-0.2, -0.15) is 14.4 Å². The maximum atomic E-state index is 14.0. The molecule has 2 aromatic heterocycles. The summed E-state index contributed by atoms with van der Waals surface area (Å²) < 4.78 is 37.4. The van der Waals surface area contributed by atoms with Gasteiger partial charge >= 0.3 is 18.2 Å². The molecule has 1 aliphatic rings. The second-order valence-electron chi connectivity index (χ2n) is 11.7. The molecule has 0 saturated carbocycles. The van der Waals surface area contributed by atoms with Gasteiger partial charge in [0.1, 0.15) is 18.9 Å². The van der Waals surface area contributed by atoms with E-state index < -0.39 is 42.7 Å². The fourth-order valence-electron chi connectivity index (χ4n) is 5.65. The molecule has 0 bridgehead atoms. The highest BCUT2D eigenvalue weighted by molar-refractivity contribution is 5.81. The molecule has 250 valence electrons. The molecule has 12 heteroatoms. The average Bonchev–Trinajstić information content (AvgIpc) is 3.60. The Hall–Kier alpha value is -3.46. The number of carbonyl (C=O) groups excluding carboxylic acids is 2. The van der Waals surface area contributed by atoms with Gasteiger partial charge in [-0.1, -0.05) is 103 Å². The number of terminal acetylenes is 1. The van der Waals surface area contributed by atoms with Gasteiger partial charge in [0, 0.05) is 12.8 Å². The number of hydrogen-bond donors (Lipinski definition) is 1. The molecule has 2 aromatic rings. The van der Waals surface area contributed by atoms with Crippen molar-refractivity contribution in [2.75, 3.05) is 18.9 Å². The van der Waals surface area contributed by atoms with Crippen LogP contribution in [0.4, 0.5) is 15.0 Å². The van der Waals surface area contributed by atoms with Crippen LogP contribution in [-0.2, 0) is 23.7 Å². The molecule has 2 N–H and O–H groups in total. The first kappa shape index (κ1) is 36.0. The SMILES string of the molecule is C#CC1(COC(=O)OCC)OC(n2cnc3c(N)nc(F)nc32)CC1OC(=O)CCCCCCCCCCCCCCCCC.